The maximum Gasteiger partial charge on any atom is 1.00 e. The topological polar surface area (TPSA) is 65.9 Å². The molecular weight excluding hydrogens is 461 g/mol. The van der Waals surface area contributed by atoms with Crippen molar-refractivity contribution < 1.29 is 60.3 Å². The summed E-state index contributed by atoms with van der Waals surface area (Å²) in [7, 11) is 0. The van der Waals surface area contributed by atoms with E-state index in [1.807, 2.05) is 0 Å². The van der Waals surface area contributed by atoms with Crippen LogP contribution >= 0.6 is 0 Å². The molecule has 0 aliphatic rings. The van der Waals surface area contributed by atoms with Crippen molar-refractivity contribution in [3.63, 3.8) is 0 Å². The van der Waals surface area contributed by atoms with Gasteiger partial charge in [0.25, 0.3) is 0 Å². The van der Waals surface area contributed by atoms with Crippen LogP contribution in [0, 0.1) is 0 Å². The fraction of sp³-hybridized carbons (Fsp3) is 0.286. The van der Waals surface area contributed by atoms with Gasteiger partial charge in [-0.15, -0.1) is 10.2 Å². The largest absolute Gasteiger partial charge is 1.00 e. The van der Waals surface area contributed by atoms with Crippen molar-refractivity contribution in [2.75, 3.05) is 0 Å². The third kappa shape index (κ3) is 4.95. The molecular formula is C21H15F6N4NaO. The number of halogens is 6. The number of imidazole rings is 1. The average Bonchev–Trinajstić information content (AvgIpc) is 3.32. The minimum atomic E-state index is -4.88. The van der Waals surface area contributed by atoms with Crippen LogP contribution in [0.5, 0.6) is 0 Å². The molecule has 0 spiro atoms. The molecule has 2 heterocycles. The van der Waals surface area contributed by atoms with Crippen molar-refractivity contribution in [2.45, 2.75) is 38.5 Å². The van der Waals surface area contributed by atoms with E-state index in [-0.39, 0.29) is 58.2 Å². The van der Waals surface area contributed by atoms with E-state index >= 15 is 0 Å². The predicted octanol–water partition coefficient (Wildman–Crippen LogP) is 3.25. The van der Waals surface area contributed by atoms with Crippen molar-refractivity contribution >= 4 is 11.0 Å². The zero-order valence-electron chi connectivity index (χ0n) is 17.9. The molecule has 0 aliphatic heterocycles. The maximum atomic E-state index is 13.8. The number of fused-ring (bicyclic) bond motifs is 1. The number of rotatable bonds is 2. The zero-order valence-corrected chi connectivity index (χ0v) is 19.9. The Labute approximate surface area is 205 Å². The maximum absolute atomic E-state index is 13.8. The molecule has 0 bridgehead atoms. The number of hydrogen-bond acceptors (Lipinski definition) is 4. The van der Waals surface area contributed by atoms with Gasteiger partial charge < -0.3 is 14.4 Å². The zero-order chi connectivity index (χ0) is 23.5. The first-order chi connectivity index (χ1) is 14.7. The normalized spacial score (nSPS) is 12.8. The van der Waals surface area contributed by atoms with Gasteiger partial charge in [0, 0.05) is 11.2 Å². The molecule has 0 unspecified atom stereocenters. The third-order valence-corrected chi connectivity index (χ3v) is 4.64. The van der Waals surface area contributed by atoms with E-state index < -0.39 is 40.0 Å². The molecule has 2 aromatic carbocycles. The monoisotopic (exact) mass is 476 g/mol. The molecule has 4 rings (SSSR count). The summed E-state index contributed by atoms with van der Waals surface area (Å²) in [5.41, 5.74) is -4.22. The Morgan fingerprint density at radius 3 is 2.06 bits per heavy atom. The van der Waals surface area contributed by atoms with Gasteiger partial charge in [0.05, 0.1) is 11.1 Å². The van der Waals surface area contributed by atoms with Crippen LogP contribution in [0.25, 0.3) is 33.9 Å². The van der Waals surface area contributed by atoms with Crippen LogP contribution in [0.4, 0.5) is 26.3 Å². The summed E-state index contributed by atoms with van der Waals surface area (Å²) in [6.07, 6.45) is -9.63. The second-order valence-electron chi connectivity index (χ2n) is 8.14. The first kappa shape index (κ1) is 25.3. The molecule has 0 saturated heterocycles. The summed E-state index contributed by atoms with van der Waals surface area (Å²) in [6.45, 7) is 5.41. The van der Waals surface area contributed by atoms with Crippen molar-refractivity contribution in [1.29, 1.82) is 0 Å². The van der Waals surface area contributed by atoms with E-state index in [0.29, 0.717) is 6.07 Å². The van der Waals surface area contributed by atoms with Crippen LogP contribution in [0.1, 0.15) is 37.8 Å². The summed E-state index contributed by atoms with van der Waals surface area (Å²) in [5.74, 6) is -0.191. The molecule has 0 saturated carbocycles. The summed E-state index contributed by atoms with van der Waals surface area (Å²) in [4.78, 5) is 7.94. The van der Waals surface area contributed by atoms with Crippen LogP contribution in [-0.4, -0.2) is 15.2 Å². The molecule has 0 fully saturated rings. The Balaban J connectivity index is 0.00000306. The minimum Gasteiger partial charge on any atom is -0.431 e. The molecule has 168 valence electrons. The van der Waals surface area contributed by atoms with Crippen LogP contribution in [0.15, 0.2) is 40.8 Å². The number of hydrogen-bond donors (Lipinski definition) is 0. The van der Waals surface area contributed by atoms with Crippen LogP contribution < -0.4 is 34.5 Å². The summed E-state index contributed by atoms with van der Waals surface area (Å²) >= 11 is 0. The Morgan fingerprint density at radius 2 is 1.48 bits per heavy atom. The van der Waals surface area contributed by atoms with Crippen molar-refractivity contribution in [1.82, 2.24) is 20.2 Å². The molecule has 0 N–H and O–H groups in total. The van der Waals surface area contributed by atoms with E-state index in [4.69, 9.17) is 4.42 Å². The quantitative estimate of drug-likeness (QED) is 0.328. The molecule has 2 aromatic heterocycles. The Bertz CT molecular complexity index is 1300. The molecule has 5 nitrogen and oxygen atoms in total. The number of alkyl halides is 6. The van der Waals surface area contributed by atoms with Gasteiger partial charge in [-0.25, -0.2) is 0 Å². The second kappa shape index (κ2) is 8.44. The van der Waals surface area contributed by atoms with Gasteiger partial charge in [0.1, 0.15) is 0 Å². The van der Waals surface area contributed by atoms with Gasteiger partial charge in [0.15, 0.2) is 0 Å². The smallest absolute Gasteiger partial charge is 0.431 e. The first-order valence-electron chi connectivity index (χ1n) is 9.32. The van der Waals surface area contributed by atoms with Gasteiger partial charge in [-0.05, 0) is 34.3 Å². The molecule has 0 radical (unpaired) electrons. The molecule has 4 aromatic rings. The summed E-state index contributed by atoms with van der Waals surface area (Å²) in [5, 5.41) is 7.66. The van der Waals surface area contributed by atoms with Crippen molar-refractivity contribution in [2.24, 2.45) is 0 Å². The third-order valence-electron chi connectivity index (χ3n) is 4.64. The average molecular weight is 476 g/mol. The van der Waals surface area contributed by atoms with Gasteiger partial charge in [-0.1, -0.05) is 45.0 Å². The second-order valence-corrected chi connectivity index (χ2v) is 8.14. The first-order valence-corrected chi connectivity index (χ1v) is 9.32. The van der Waals surface area contributed by atoms with Gasteiger partial charge in [-0.3, -0.25) is 0 Å². The number of aromatic nitrogens is 4. The van der Waals surface area contributed by atoms with E-state index in [1.165, 1.54) is 12.1 Å². The van der Waals surface area contributed by atoms with E-state index in [9.17, 15) is 26.3 Å². The predicted molar refractivity (Wildman–Crippen MR) is 102 cm³/mol. The van der Waals surface area contributed by atoms with Gasteiger partial charge in [0.2, 0.25) is 11.8 Å². The Morgan fingerprint density at radius 1 is 0.848 bits per heavy atom. The fourth-order valence-corrected chi connectivity index (χ4v) is 3.13. The standard InChI is InChI=1S/C21H15F6N4O.Na/c1-19(2,3)18-31-30-17(32-18)16-28-14-9-10(8-13(15(14)29-16)21(25,26)27)11-6-4-5-7-12(11)20(22,23)24;/h4-9H,1-3H3;/q-1;+1. The van der Waals surface area contributed by atoms with Crippen molar-refractivity contribution in [3.8, 4) is 22.8 Å². The molecule has 0 amide bonds. The van der Waals surface area contributed by atoms with Gasteiger partial charge in [-0.2, -0.15) is 26.3 Å². The van der Waals surface area contributed by atoms with E-state index in [0.717, 1.165) is 18.2 Å². The molecule has 0 atom stereocenters. The van der Waals surface area contributed by atoms with Crippen LogP contribution in [-0.2, 0) is 17.8 Å². The Hall–Kier alpha value is -2.37. The van der Waals surface area contributed by atoms with Crippen LogP contribution in [0.2, 0.25) is 0 Å². The molecule has 33 heavy (non-hydrogen) atoms. The minimum absolute atomic E-state index is 0. The summed E-state index contributed by atoms with van der Waals surface area (Å²) < 4.78 is 87.1. The van der Waals surface area contributed by atoms with E-state index in [2.05, 4.69) is 20.2 Å². The summed E-state index contributed by atoms with van der Waals surface area (Å²) in [6, 6.07) is 6.16. The fourth-order valence-electron chi connectivity index (χ4n) is 3.13. The van der Waals surface area contributed by atoms with Gasteiger partial charge >= 0.3 is 41.9 Å². The number of nitrogens with zero attached hydrogens (tertiary/aromatic N) is 4. The van der Waals surface area contributed by atoms with Crippen LogP contribution in [0.3, 0.4) is 0 Å². The molecule has 0 aliphatic carbocycles. The van der Waals surface area contributed by atoms with E-state index in [1.54, 1.807) is 20.8 Å². The number of benzene rings is 2. The van der Waals surface area contributed by atoms with Crippen molar-refractivity contribution in [3.05, 3.63) is 53.4 Å². The SMILES string of the molecule is CC(C)(C)c1nnc(-c2nc3cc(-c4ccccc4C(F)(F)F)cc(C(F)(F)F)c3[n-]2)o1.[Na+]. The molecule has 12 heteroatoms. The Kier molecular flexibility index (Phi) is 6.46.